The molecule has 0 spiro atoms. The maximum Gasteiger partial charge on any atom is 0.409 e. The third-order valence-corrected chi connectivity index (χ3v) is 6.06. The van der Waals surface area contributed by atoms with E-state index in [9.17, 15) is 14.7 Å². The van der Waals surface area contributed by atoms with Gasteiger partial charge in [-0.25, -0.2) is 4.79 Å². The summed E-state index contributed by atoms with van der Waals surface area (Å²) in [6, 6.07) is 6.81. The van der Waals surface area contributed by atoms with Crippen LogP contribution in [0, 0.1) is 5.41 Å². The molecule has 0 radical (unpaired) electrons. The zero-order chi connectivity index (χ0) is 26.3. The second-order valence-corrected chi connectivity index (χ2v) is 10.9. The number of hydrogen-bond donors (Lipinski definition) is 4. The number of carbonyl (C=O) groups is 2. The van der Waals surface area contributed by atoms with Crippen LogP contribution in [0.1, 0.15) is 81.1 Å². The second kappa shape index (κ2) is 10.5. The Bertz CT molecular complexity index is 1160. The van der Waals surface area contributed by atoms with Gasteiger partial charge in [-0.1, -0.05) is 41.5 Å². The van der Waals surface area contributed by atoms with Crippen molar-refractivity contribution >= 4 is 40.4 Å². The van der Waals surface area contributed by atoms with Crippen molar-refractivity contribution in [3.8, 4) is 11.5 Å². The summed E-state index contributed by atoms with van der Waals surface area (Å²) in [4.78, 5) is 26.3. The van der Waals surface area contributed by atoms with Gasteiger partial charge in [0.05, 0.1) is 18.8 Å². The summed E-state index contributed by atoms with van der Waals surface area (Å²) < 4.78 is 5.58. The van der Waals surface area contributed by atoms with Gasteiger partial charge in [0.25, 0.3) is 0 Å². The molecule has 0 atom stereocenters. The van der Waals surface area contributed by atoms with Crippen molar-refractivity contribution in [3.63, 3.8) is 0 Å². The number of nitrogens with zero attached hydrogens (tertiary/aromatic N) is 1. The molecule has 1 aliphatic rings. The van der Waals surface area contributed by atoms with Crippen LogP contribution in [0.25, 0.3) is 0 Å². The largest absolute Gasteiger partial charge is 0.507 e. The molecule has 9 heteroatoms. The molecular formula is C27H36BrN3O5. The fourth-order valence-electron chi connectivity index (χ4n) is 4.25. The van der Waals surface area contributed by atoms with Crippen molar-refractivity contribution in [2.75, 3.05) is 18.5 Å². The first-order valence-electron chi connectivity index (χ1n) is 11.7. The number of ketones is 1. The van der Waals surface area contributed by atoms with Gasteiger partial charge in [-0.15, -0.1) is 17.0 Å². The molecule has 196 valence electrons. The standard InChI is InChI=1S/C27H35N3O5.BrH/c1-8-35-22-11-16-13-30(24(28)17(16)12-20(22)29-25(33)34)14-21(31)15-9-18(26(2,3)4)23(32)19(10-15)27(5,6)7;/h9-12,28-29,32H,8,13-14H2,1-7H3,(H,33,34);1H. The average molecular weight is 563 g/mol. The Morgan fingerprint density at radius 3 is 2.08 bits per heavy atom. The van der Waals surface area contributed by atoms with Gasteiger partial charge in [0.1, 0.15) is 17.3 Å². The van der Waals surface area contributed by atoms with Crippen LogP contribution in [0.2, 0.25) is 0 Å². The van der Waals surface area contributed by atoms with Gasteiger partial charge >= 0.3 is 6.09 Å². The van der Waals surface area contributed by atoms with E-state index in [-0.39, 0.29) is 57.4 Å². The van der Waals surface area contributed by atoms with Crippen LogP contribution in [0.5, 0.6) is 11.5 Å². The van der Waals surface area contributed by atoms with Gasteiger partial charge in [0.15, 0.2) is 5.78 Å². The molecule has 0 saturated carbocycles. The fourth-order valence-corrected chi connectivity index (χ4v) is 4.25. The molecule has 0 saturated heterocycles. The average Bonchev–Trinajstić information content (AvgIpc) is 3.01. The van der Waals surface area contributed by atoms with Gasteiger partial charge in [-0.3, -0.25) is 15.5 Å². The minimum Gasteiger partial charge on any atom is -0.507 e. The number of nitrogens with one attached hydrogen (secondary N) is 2. The summed E-state index contributed by atoms with van der Waals surface area (Å²) in [5.41, 5.74) is 2.79. The number of halogens is 1. The van der Waals surface area contributed by atoms with Crippen molar-refractivity contribution < 1.29 is 24.5 Å². The topological polar surface area (TPSA) is 123 Å². The lowest BCUT2D eigenvalue weighted by atomic mass is 9.78. The van der Waals surface area contributed by atoms with Gasteiger partial charge in [-0.2, -0.15) is 0 Å². The summed E-state index contributed by atoms with van der Waals surface area (Å²) in [7, 11) is 0. The number of hydrogen-bond acceptors (Lipinski definition) is 5. The number of carboxylic acid groups (broad SMARTS) is 1. The van der Waals surface area contributed by atoms with Crippen LogP contribution < -0.4 is 10.1 Å². The Hall–Kier alpha value is -3.07. The number of Topliss-reactive ketones (excluding diaryl/α,β-unsaturated/α-hetero) is 1. The van der Waals surface area contributed by atoms with E-state index >= 15 is 0 Å². The minimum atomic E-state index is -1.22. The van der Waals surface area contributed by atoms with Crippen molar-refractivity contribution in [1.29, 1.82) is 5.41 Å². The number of benzene rings is 2. The zero-order valence-electron chi connectivity index (χ0n) is 21.9. The number of phenols is 1. The molecule has 0 aromatic heterocycles. The molecule has 1 amide bonds. The highest BCUT2D eigenvalue weighted by atomic mass is 79.9. The molecular weight excluding hydrogens is 526 g/mol. The second-order valence-electron chi connectivity index (χ2n) is 10.9. The number of ether oxygens (including phenoxy) is 1. The zero-order valence-corrected chi connectivity index (χ0v) is 23.6. The highest BCUT2D eigenvalue weighted by molar-refractivity contribution is 8.93. The van der Waals surface area contributed by atoms with Crippen LogP contribution in [0.15, 0.2) is 24.3 Å². The quantitative estimate of drug-likeness (QED) is 0.317. The van der Waals surface area contributed by atoms with Crippen LogP contribution in [-0.4, -0.2) is 46.0 Å². The van der Waals surface area contributed by atoms with Gasteiger partial charge in [0.2, 0.25) is 0 Å². The van der Waals surface area contributed by atoms with Crippen molar-refractivity contribution in [2.45, 2.75) is 65.8 Å². The van der Waals surface area contributed by atoms with Crippen LogP contribution in [-0.2, 0) is 17.4 Å². The molecule has 36 heavy (non-hydrogen) atoms. The summed E-state index contributed by atoms with van der Waals surface area (Å²) in [6.07, 6.45) is -1.22. The van der Waals surface area contributed by atoms with E-state index in [0.29, 0.717) is 41.2 Å². The third-order valence-electron chi connectivity index (χ3n) is 6.06. The lowest BCUT2D eigenvalue weighted by Crippen LogP contribution is -2.30. The van der Waals surface area contributed by atoms with Crippen LogP contribution >= 0.6 is 17.0 Å². The number of amidine groups is 1. The number of rotatable bonds is 6. The van der Waals surface area contributed by atoms with Crippen LogP contribution in [0.3, 0.4) is 0 Å². The maximum absolute atomic E-state index is 13.4. The molecule has 1 aliphatic heterocycles. The minimum absolute atomic E-state index is 0. The molecule has 0 bridgehead atoms. The number of anilines is 1. The molecule has 8 nitrogen and oxygen atoms in total. The molecule has 3 rings (SSSR count). The Labute approximate surface area is 222 Å². The van der Waals surface area contributed by atoms with Crippen LogP contribution in [0.4, 0.5) is 10.5 Å². The predicted octanol–water partition coefficient (Wildman–Crippen LogP) is 6.08. The highest BCUT2D eigenvalue weighted by Crippen LogP contribution is 2.40. The number of amides is 1. The molecule has 2 aromatic carbocycles. The number of fused-ring (bicyclic) bond motifs is 1. The first kappa shape index (κ1) is 29.2. The van der Waals surface area contributed by atoms with E-state index < -0.39 is 6.09 Å². The Morgan fingerprint density at radius 2 is 1.61 bits per heavy atom. The molecule has 0 fully saturated rings. The fraction of sp³-hybridized carbons (Fsp3) is 0.444. The molecule has 4 N–H and O–H groups in total. The Balaban J connectivity index is 0.00000456. The molecule has 0 aliphatic carbocycles. The van der Waals surface area contributed by atoms with E-state index in [0.717, 1.165) is 5.56 Å². The highest BCUT2D eigenvalue weighted by Gasteiger charge is 2.31. The number of aromatic hydroxyl groups is 1. The van der Waals surface area contributed by atoms with Crippen molar-refractivity contribution in [1.82, 2.24) is 4.90 Å². The lowest BCUT2D eigenvalue weighted by Gasteiger charge is -2.28. The van der Waals surface area contributed by atoms with E-state index in [1.165, 1.54) is 0 Å². The normalized spacial score (nSPS) is 13.2. The first-order chi connectivity index (χ1) is 16.1. The van der Waals surface area contributed by atoms with Gasteiger partial charge < -0.3 is 19.8 Å². The monoisotopic (exact) mass is 561 g/mol. The van der Waals surface area contributed by atoms with E-state index in [2.05, 4.69) is 5.32 Å². The Kier molecular flexibility index (Phi) is 8.51. The number of carbonyl (C=O) groups excluding carboxylic acids is 1. The van der Waals surface area contributed by atoms with Crippen molar-refractivity contribution in [3.05, 3.63) is 52.1 Å². The Morgan fingerprint density at radius 1 is 1.06 bits per heavy atom. The van der Waals surface area contributed by atoms with E-state index in [1.807, 2.05) is 41.5 Å². The summed E-state index contributed by atoms with van der Waals surface area (Å²) in [5.74, 6) is 0.589. The lowest BCUT2D eigenvalue weighted by molar-refractivity contribution is 0.0962. The molecule has 2 aromatic rings. The van der Waals surface area contributed by atoms with Crippen molar-refractivity contribution in [2.24, 2.45) is 0 Å². The van der Waals surface area contributed by atoms with Gasteiger partial charge in [-0.05, 0) is 47.6 Å². The maximum atomic E-state index is 13.4. The summed E-state index contributed by atoms with van der Waals surface area (Å²) >= 11 is 0. The summed E-state index contributed by atoms with van der Waals surface area (Å²) in [5, 5.41) is 31.1. The smallest absolute Gasteiger partial charge is 0.409 e. The number of phenolic OH excluding ortho intramolecular Hbond substituents is 1. The van der Waals surface area contributed by atoms with Gasteiger partial charge in [0, 0.05) is 28.8 Å². The summed E-state index contributed by atoms with van der Waals surface area (Å²) in [6.45, 7) is 14.5. The third kappa shape index (κ3) is 6.00. The van der Waals surface area contributed by atoms with E-state index in [4.69, 9.17) is 15.3 Å². The molecule has 1 heterocycles. The first-order valence-corrected chi connectivity index (χ1v) is 11.7. The molecule has 0 unspecified atom stereocenters. The predicted molar refractivity (Wildman–Crippen MR) is 147 cm³/mol. The SMILES string of the molecule is Br.CCOc1cc2c(cc1NC(=O)O)C(=N)N(CC(=O)c1cc(C(C)(C)C)c(O)c(C(C)(C)C)c1)C2. The van der Waals surface area contributed by atoms with E-state index in [1.54, 1.807) is 36.1 Å².